The number of hydrogen-bond donors (Lipinski definition) is 1. The first kappa shape index (κ1) is 22.3. The van der Waals surface area contributed by atoms with Gasteiger partial charge in [0.2, 0.25) is 0 Å². The fraction of sp³-hybridized carbons (Fsp3) is 0.200. The maximum absolute atomic E-state index is 12.0. The first-order valence-corrected chi connectivity index (χ1v) is 11.4. The Morgan fingerprint density at radius 2 is 2.07 bits per heavy atom. The van der Waals surface area contributed by atoms with E-state index < -0.39 is 0 Å². The third-order valence-corrected chi connectivity index (χ3v) is 6.25. The number of aromatic nitrogens is 2. The van der Waals surface area contributed by atoms with Crippen molar-refractivity contribution >= 4 is 51.2 Å². The molecule has 0 fully saturated rings. The number of para-hydroxylation sites is 1. The molecule has 0 bridgehead atoms. The van der Waals surface area contributed by atoms with Crippen molar-refractivity contribution in [2.45, 2.75) is 17.9 Å². The molecule has 7 nitrogen and oxygen atoms in total. The monoisotopic (exact) mass is 506 g/mol. The van der Waals surface area contributed by atoms with E-state index in [1.54, 1.807) is 7.11 Å². The predicted octanol–water partition coefficient (Wildman–Crippen LogP) is 4.44. The number of nitrogens with zero attached hydrogens (tertiary/aromatic N) is 3. The Bertz CT molecular complexity index is 1030. The zero-order valence-electron chi connectivity index (χ0n) is 16.3. The highest BCUT2D eigenvalue weighted by atomic mass is 79.9. The van der Waals surface area contributed by atoms with Crippen molar-refractivity contribution in [1.82, 2.24) is 15.6 Å². The van der Waals surface area contributed by atoms with Gasteiger partial charge in [0.1, 0.15) is 11.6 Å². The number of halogens is 1. The van der Waals surface area contributed by atoms with E-state index >= 15 is 0 Å². The molecular weight excluding hydrogens is 488 g/mol. The van der Waals surface area contributed by atoms with Crippen LogP contribution in [0.5, 0.6) is 11.5 Å². The summed E-state index contributed by atoms with van der Waals surface area (Å²) in [6, 6.07) is 13.4. The molecule has 0 aliphatic rings. The SMILES string of the molecule is COc1cccc(C=NNC(=O)CSc2nnc(C)s2)c1OCc1ccc(Br)cc1. The van der Waals surface area contributed by atoms with Crippen LogP contribution < -0.4 is 14.9 Å². The molecule has 2 aromatic carbocycles. The van der Waals surface area contributed by atoms with E-state index in [0.29, 0.717) is 23.7 Å². The van der Waals surface area contributed by atoms with Gasteiger partial charge in [-0.1, -0.05) is 57.2 Å². The Hall–Kier alpha value is -2.43. The molecule has 3 rings (SSSR count). The molecule has 1 aromatic heterocycles. The molecule has 0 saturated heterocycles. The number of aryl methyl sites for hydroxylation is 1. The highest BCUT2D eigenvalue weighted by Gasteiger charge is 2.10. The van der Waals surface area contributed by atoms with E-state index in [-0.39, 0.29) is 11.7 Å². The van der Waals surface area contributed by atoms with Gasteiger partial charge in [0.15, 0.2) is 15.8 Å². The standard InChI is InChI=1S/C20H19BrN4O3S2/c1-13-23-25-20(30-13)29-12-18(26)24-22-10-15-4-3-5-17(27-2)19(15)28-11-14-6-8-16(21)9-7-14/h3-10H,11-12H2,1-2H3,(H,24,26). The summed E-state index contributed by atoms with van der Waals surface area (Å²) >= 11 is 6.19. The average molecular weight is 507 g/mol. The second-order valence-corrected chi connectivity index (χ2v) is 9.28. The Morgan fingerprint density at radius 3 is 2.77 bits per heavy atom. The second-order valence-electron chi connectivity index (χ2n) is 5.96. The Balaban J connectivity index is 1.61. The van der Waals surface area contributed by atoms with Crippen molar-refractivity contribution in [3.8, 4) is 11.5 Å². The number of methoxy groups -OCH3 is 1. The average Bonchev–Trinajstić information content (AvgIpc) is 3.17. The number of nitrogens with one attached hydrogen (secondary N) is 1. The number of hydrogen-bond acceptors (Lipinski definition) is 8. The third kappa shape index (κ3) is 6.54. The van der Waals surface area contributed by atoms with Gasteiger partial charge in [-0.2, -0.15) is 5.10 Å². The largest absolute Gasteiger partial charge is 0.493 e. The minimum atomic E-state index is -0.232. The number of rotatable bonds is 9. The van der Waals surface area contributed by atoms with Crippen LogP contribution in [-0.2, 0) is 11.4 Å². The molecule has 1 N–H and O–H groups in total. The summed E-state index contributed by atoms with van der Waals surface area (Å²) in [6.07, 6.45) is 1.54. The van der Waals surface area contributed by atoms with Gasteiger partial charge in [0, 0.05) is 10.0 Å². The summed E-state index contributed by atoms with van der Waals surface area (Å²) in [5, 5.41) is 12.8. The summed E-state index contributed by atoms with van der Waals surface area (Å²) in [5.74, 6) is 1.12. The van der Waals surface area contributed by atoms with E-state index in [2.05, 4.69) is 36.7 Å². The summed E-state index contributed by atoms with van der Waals surface area (Å²) in [7, 11) is 1.58. The molecule has 0 spiro atoms. The van der Waals surface area contributed by atoms with Gasteiger partial charge in [-0.3, -0.25) is 4.79 Å². The van der Waals surface area contributed by atoms with Crippen LogP contribution in [0.2, 0.25) is 0 Å². The number of amides is 1. The van der Waals surface area contributed by atoms with Crippen molar-refractivity contribution in [2.24, 2.45) is 5.10 Å². The number of hydrazone groups is 1. The molecule has 0 atom stereocenters. The van der Waals surface area contributed by atoms with Gasteiger partial charge >= 0.3 is 0 Å². The molecule has 0 aliphatic carbocycles. The van der Waals surface area contributed by atoms with Gasteiger partial charge in [-0.25, -0.2) is 5.43 Å². The van der Waals surface area contributed by atoms with Crippen molar-refractivity contribution in [1.29, 1.82) is 0 Å². The molecule has 0 unspecified atom stereocenters. The highest BCUT2D eigenvalue weighted by Crippen LogP contribution is 2.31. The van der Waals surface area contributed by atoms with E-state index in [4.69, 9.17) is 9.47 Å². The van der Waals surface area contributed by atoms with Gasteiger partial charge < -0.3 is 9.47 Å². The number of thioether (sulfide) groups is 1. The maximum Gasteiger partial charge on any atom is 0.250 e. The van der Waals surface area contributed by atoms with Crippen LogP contribution in [0.1, 0.15) is 16.1 Å². The quantitative estimate of drug-likeness (QED) is 0.262. The molecule has 30 heavy (non-hydrogen) atoms. The molecule has 0 aliphatic heterocycles. The van der Waals surface area contributed by atoms with Crippen LogP contribution in [0, 0.1) is 6.92 Å². The normalized spacial score (nSPS) is 10.9. The first-order valence-electron chi connectivity index (χ1n) is 8.84. The zero-order chi connectivity index (χ0) is 21.3. The molecule has 3 aromatic rings. The van der Waals surface area contributed by atoms with Gasteiger partial charge in [0.25, 0.3) is 5.91 Å². The molecule has 1 amide bonds. The highest BCUT2D eigenvalue weighted by molar-refractivity contribution is 9.10. The lowest BCUT2D eigenvalue weighted by molar-refractivity contribution is -0.118. The number of benzene rings is 2. The third-order valence-electron chi connectivity index (χ3n) is 3.75. The summed E-state index contributed by atoms with van der Waals surface area (Å²) < 4.78 is 13.2. The van der Waals surface area contributed by atoms with Crippen molar-refractivity contribution < 1.29 is 14.3 Å². The topological polar surface area (TPSA) is 85.7 Å². The Kier molecular flexibility index (Phi) is 8.23. The summed E-state index contributed by atoms with van der Waals surface area (Å²) in [5.41, 5.74) is 4.23. The predicted molar refractivity (Wildman–Crippen MR) is 123 cm³/mol. The van der Waals surface area contributed by atoms with Crippen LogP contribution in [0.15, 0.2) is 56.4 Å². The van der Waals surface area contributed by atoms with Gasteiger partial charge in [-0.05, 0) is 36.8 Å². The van der Waals surface area contributed by atoms with Crippen LogP contribution >= 0.6 is 39.0 Å². The summed E-state index contributed by atoms with van der Waals surface area (Å²) in [6.45, 7) is 2.25. The number of carbonyl (C=O) groups excluding carboxylic acids is 1. The van der Waals surface area contributed by atoms with Crippen molar-refractivity contribution in [2.75, 3.05) is 12.9 Å². The second kappa shape index (κ2) is 11.1. The fourth-order valence-corrected chi connectivity index (χ4v) is 4.23. The fourth-order valence-electron chi connectivity index (χ4n) is 2.36. The van der Waals surface area contributed by atoms with E-state index in [1.807, 2.05) is 49.4 Å². The minimum Gasteiger partial charge on any atom is -0.493 e. The number of ether oxygens (including phenoxy) is 2. The molecule has 1 heterocycles. The van der Waals surface area contributed by atoms with E-state index in [9.17, 15) is 4.79 Å². The van der Waals surface area contributed by atoms with Crippen LogP contribution in [0.3, 0.4) is 0 Å². The lowest BCUT2D eigenvalue weighted by atomic mass is 10.2. The lowest BCUT2D eigenvalue weighted by Crippen LogP contribution is -2.19. The van der Waals surface area contributed by atoms with Gasteiger partial charge in [-0.15, -0.1) is 10.2 Å². The molecule has 156 valence electrons. The molecule has 10 heteroatoms. The van der Waals surface area contributed by atoms with E-state index in [1.165, 1.54) is 29.3 Å². The van der Waals surface area contributed by atoms with Crippen LogP contribution in [0.4, 0.5) is 0 Å². The maximum atomic E-state index is 12.0. The van der Waals surface area contributed by atoms with Crippen molar-refractivity contribution in [3.05, 3.63) is 63.1 Å². The minimum absolute atomic E-state index is 0.205. The lowest BCUT2D eigenvalue weighted by Gasteiger charge is -2.13. The van der Waals surface area contributed by atoms with Crippen molar-refractivity contribution in [3.63, 3.8) is 0 Å². The molecular formula is C20H19BrN4O3S2. The Morgan fingerprint density at radius 1 is 1.27 bits per heavy atom. The Labute approximate surface area is 191 Å². The van der Waals surface area contributed by atoms with Crippen LogP contribution in [0.25, 0.3) is 0 Å². The zero-order valence-corrected chi connectivity index (χ0v) is 19.5. The molecule has 0 saturated carbocycles. The van der Waals surface area contributed by atoms with Gasteiger partial charge in [0.05, 0.1) is 19.1 Å². The summed E-state index contributed by atoms with van der Waals surface area (Å²) in [4.78, 5) is 12.0. The molecule has 0 radical (unpaired) electrons. The smallest absolute Gasteiger partial charge is 0.250 e. The van der Waals surface area contributed by atoms with Crippen LogP contribution in [-0.4, -0.2) is 35.2 Å². The first-order chi connectivity index (χ1) is 14.5. The van der Waals surface area contributed by atoms with E-state index in [0.717, 1.165) is 19.4 Å². The number of carbonyl (C=O) groups is 1.